The van der Waals surface area contributed by atoms with E-state index in [-0.39, 0.29) is 6.03 Å². The Kier molecular flexibility index (Phi) is 6.32. The molecule has 0 spiro atoms. The molecule has 0 aliphatic carbocycles. The zero-order valence-corrected chi connectivity index (χ0v) is 15.7. The van der Waals surface area contributed by atoms with Gasteiger partial charge in [-0.25, -0.2) is 4.79 Å². The van der Waals surface area contributed by atoms with Gasteiger partial charge in [-0.2, -0.15) is 0 Å². The van der Waals surface area contributed by atoms with Crippen LogP contribution in [0.2, 0.25) is 0 Å². The molecule has 2 aliphatic rings. The van der Waals surface area contributed by atoms with Crippen LogP contribution < -0.4 is 0 Å². The van der Waals surface area contributed by atoms with Crippen molar-refractivity contribution < 1.29 is 4.79 Å². The van der Waals surface area contributed by atoms with Gasteiger partial charge >= 0.3 is 6.03 Å². The Morgan fingerprint density at radius 2 is 1.56 bits per heavy atom. The minimum atomic E-state index is 0.249. The third-order valence-corrected chi connectivity index (χ3v) is 5.63. The van der Waals surface area contributed by atoms with Crippen LogP contribution in [0.5, 0.6) is 0 Å². The van der Waals surface area contributed by atoms with Crippen LogP contribution in [0.25, 0.3) is 0 Å². The molecule has 1 aromatic carbocycles. The molecule has 0 saturated carbocycles. The zero-order valence-electron chi connectivity index (χ0n) is 15.7. The number of piperidine rings is 1. The van der Waals surface area contributed by atoms with Crippen molar-refractivity contribution in [1.82, 2.24) is 19.6 Å². The first kappa shape index (κ1) is 18.2. The predicted octanol–water partition coefficient (Wildman–Crippen LogP) is 1.99. The Balaban J connectivity index is 1.66. The van der Waals surface area contributed by atoms with Crippen molar-refractivity contribution in [3.05, 3.63) is 35.9 Å². The molecule has 0 aromatic heterocycles. The Bertz CT molecular complexity index is 534. The van der Waals surface area contributed by atoms with E-state index in [1.54, 1.807) is 0 Å². The van der Waals surface area contributed by atoms with Crippen LogP contribution in [0.15, 0.2) is 30.3 Å². The summed E-state index contributed by atoms with van der Waals surface area (Å²) >= 11 is 0. The summed E-state index contributed by atoms with van der Waals surface area (Å²) in [5.41, 5.74) is 1.31. The molecule has 1 aromatic rings. The fourth-order valence-corrected chi connectivity index (χ4v) is 3.81. The first-order valence-corrected chi connectivity index (χ1v) is 9.60. The maximum Gasteiger partial charge on any atom is 0.320 e. The minimum absolute atomic E-state index is 0.249. The van der Waals surface area contributed by atoms with Crippen molar-refractivity contribution in [1.29, 1.82) is 0 Å². The van der Waals surface area contributed by atoms with E-state index in [0.717, 1.165) is 65.1 Å². The standard InChI is InChI=1S/C20H32N4O/c1-21-11-9-19(10-12-21)24(13-8-18-6-4-3-5-7-18)20(25)23-16-14-22(2)15-17-23/h3-7,19H,8-17H2,1-2H3. The number of benzene rings is 1. The van der Waals surface area contributed by atoms with Crippen molar-refractivity contribution >= 4 is 6.03 Å². The second kappa shape index (κ2) is 8.68. The number of amides is 2. The predicted molar refractivity (Wildman–Crippen MR) is 102 cm³/mol. The van der Waals surface area contributed by atoms with Gasteiger partial charge in [0.25, 0.3) is 0 Å². The van der Waals surface area contributed by atoms with Crippen molar-refractivity contribution in [3.8, 4) is 0 Å². The van der Waals surface area contributed by atoms with Crippen molar-refractivity contribution in [2.45, 2.75) is 25.3 Å². The lowest BCUT2D eigenvalue weighted by Gasteiger charge is -2.41. The Labute approximate surface area is 152 Å². The van der Waals surface area contributed by atoms with Crippen LogP contribution in [0.4, 0.5) is 4.79 Å². The third kappa shape index (κ3) is 4.95. The van der Waals surface area contributed by atoms with Gasteiger partial charge in [-0.05, 0) is 52.0 Å². The van der Waals surface area contributed by atoms with Crippen molar-refractivity contribution in [3.63, 3.8) is 0 Å². The smallest absolute Gasteiger partial charge is 0.320 e. The summed E-state index contributed by atoms with van der Waals surface area (Å²) in [5, 5.41) is 0. The third-order valence-electron chi connectivity index (χ3n) is 5.63. The molecule has 0 atom stereocenters. The van der Waals surface area contributed by atoms with E-state index in [2.05, 4.69) is 58.0 Å². The first-order valence-electron chi connectivity index (χ1n) is 9.60. The highest BCUT2D eigenvalue weighted by Gasteiger charge is 2.30. The van der Waals surface area contributed by atoms with Gasteiger partial charge in [-0.15, -0.1) is 0 Å². The maximum absolute atomic E-state index is 13.2. The fourth-order valence-electron chi connectivity index (χ4n) is 3.81. The molecule has 2 heterocycles. The fraction of sp³-hybridized carbons (Fsp3) is 0.650. The van der Waals surface area contributed by atoms with E-state index in [1.165, 1.54) is 5.56 Å². The normalized spacial score (nSPS) is 20.6. The zero-order chi connectivity index (χ0) is 17.6. The van der Waals surface area contributed by atoms with E-state index in [1.807, 2.05) is 6.07 Å². The van der Waals surface area contributed by atoms with E-state index in [0.29, 0.717) is 6.04 Å². The molecule has 2 saturated heterocycles. The molecule has 0 unspecified atom stereocenters. The highest BCUT2D eigenvalue weighted by Crippen LogP contribution is 2.19. The Morgan fingerprint density at radius 1 is 0.960 bits per heavy atom. The van der Waals surface area contributed by atoms with Crippen LogP contribution in [0.1, 0.15) is 18.4 Å². The SMILES string of the molecule is CN1CCC(N(CCc2ccccc2)C(=O)N2CCN(C)CC2)CC1. The number of likely N-dealkylation sites (tertiary alicyclic amines) is 1. The number of urea groups is 1. The lowest BCUT2D eigenvalue weighted by Crippen LogP contribution is -2.56. The second-order valence-electron chi connectivity index (χ2n) is 7.54. The molecule has 5 heteroatoms. The summed E-state index contributed by atoms with van der Waals surface area (Å²) < 4.78 is 0. The summed E-state index contributed by atoms with van der Waals surface area (Å²) in [7, 11) is 4.30. The van der Waals surface area contributed by atoms with Crippen LogP contribution >= 0.6 is 0 Å². The van der Waals surface area contributed by atoms with Crippen LogP contribution in [-0.4, -0.2) is 91.6 Å². The molecule has 0 radical (unpaired) electrons. The average molecular weight is 345 g/mol. The minimum Gasteiger partial charge on any atom is -0.322 e. The molecule has 2 fully saturated rings. The number of hydrogen-bond donors (Lipinski definition) is 0. The van der Waals surface area contributed by atoms with Gasteiger partial charge in [-0.3, -0.25) is 0 Å². The summed E-state index contributed by atoms with van der Waals surface area (Å²) in [6, 6.07) is 11.2. The molecule has 0 bridgehead atoms. The summed E-state index contributed by atoms with van der Waals surface area (Å²) in [6.45, 7) is 6.65. The molecular weight excluding hydrogens is 312 g/mol. The van der Waals surface area contributed by atoms with Crippen molar-refractivity contribution in [2.75, 3.05) is 59.9 Å². The second-order valence-corrected chi connectivity index (χ2v) is 7.54. The number of hydrogen-bond acceptors (Lipinski definition) is 3. The quantitative estimate of drug-likeness (QED) is 0.837. The molecule has 0 N–H and O–H groups in total. The van der Waals surface area contributed by atoms with Gasteiger partial charge in [0.2, 0.25) is 0 Å². The highest BCUT2D eigenvalue weighted by atomic mass is 16.2. The van der Waals surface area contributed by atoms with Crippen LogP contribution in [-0.2, 0) is 6.42 Å². The van der Waals surface area contributed by atoms with E-state index in [9.17, 15) is 4.79 Å². The Morgan fingerprint density at radius 3 is 2.20 bits per heavy atom. The topological polar surface area (TPSA) is 30.0 Å². The molecule has 2 amide bonds. The summed E-state index contributed by atoms with van der Waals surface area (Å²) in [4.78, 5) is 22.1. The number of nitrogens with zero attached hydrogens (tertiary/aromatic N) is 4. The van der Waals surface area contributed by atoms with Gasteiger partial charge in [0.05, 0.1) is 0 Å². The molecule has 138 valence electrons. The summed E-state index contributed by atoms with van der Waals surface area (Å²) in [6.07, 6.45) is 3.11. The van der Waals surface area contributed by atoms with E-state index >= 15 is 0 Å². The number of rotatable bonds is 4. The number of piperazine rings is 1. The van der Waals surface area contributed by atoms with Crippen molar-refractivity contribution in [2.24, 2.45) is 0 Å². The number of likely N-dealkylation sites (N-methyl/N-ethyl adjacent to an activating group) is 1. The maximum atomic E-state index is 13.2. The van der Waals surface area contributed by atoms with Gasteiger partial charge in [0.15, 0.2) is 0 Å². The summed E-state index contributed by atoms with van der Waals surface area (Å²) in [5.74, 6) is 0. The molecular formula is C20H32N4O. The van der Waals surface area contributed by atoms with Gasteiger partial charge < -0.3 is 19.6 Å². The van der Waals surface area contributed by atoms with Gasteiger partial charge in [-0.1, -0.05) is 30.3 Å². The van der Waals surface area contributed by atoms with E-state index in [4.69, 9.17) is 0 Å². The number of carbonyl (C=O) groups is 1. The monoisotopic (exact) mass is 344 g/mol. The Hall–Kier alpha value is -1.59. The lowest BCUT2D eigenvalue weighted by molar-refractivity contribution is 0.0891. The first-order chi connectivity index (χ1) is 12.1. The largest absolute Gasteiger partial charge is 0.322 e. The molecule has 5 nitrogen and oxygen atoms in total. The lowest BCUT2D eigenvalue weighted by atomic mass is 10.0. The van der Waals surface area contributed by atoms with Crippen LogP contribution in [0, 0.1) is 0 Å². The van der Waals surface area contributed by atoms with Crippen LogP contribution in [0.3, 0.4) is 0 Å². The van der Waals surface area contributed by atoms with E-state index < -0.39 is 0 Å². The molecule has 25 heavy (non-hydrogen) atoms. The highest BCUT2D eigenvalue weighted by molar-refractivity contribution is 5.75. The van der Waals surface area contributed by atoms with Gasteiger partial charge in [0.1, 0.15) is 0 Å². The average Bonchev–Trinajstić information content (AvgIpc) is 2.64. The molecule has 3 rings (SSSR count). The molecule has 2 aliphatic heterocycles. The number of carbonyl (C=O) groups excluding carboxylic acids is 1. The van der Waals surface area contributed by atoms with Gasteiger partial charge in [0, 0.05) is 38.8 Å².